The molecular formula is C13H21ClN2O3S. The monoisotopic (exact) mass is 320 g/mol. The SMILES string of the molecule is CCCC(CCO)CNS(=O)(=O)c1ccc(Cl)cc1N. The van der Waals surface area contributed by atoms with Crippen LogP contribution in [0.1, 0.15) is 26.2 Å². The van der Waals surface area contributed by atoms with Crippen molar-refractivity contribution in [3.63, 3.8) is 0 Å². The Bertz CT molecular complexity index is 528. The molecule has 0 saturated heterocycles. The summed E-state index contributed by atoms with van der Waals surface area (Å²) >= 11 is 5.75. The van der Waals surface area contributed by atoms with Crippen molar-refractivity contribution in [2.24, 2.45) is 5.92 Å². The first-order valence-corrected chi connectivity index (χ1v) is 8.42. The van der Waals surface area contributed by atoms with E-state index in [-0.39, 0.29) is 23.1 Å². The Balaban J connectivity index is 2.78. The molecule has 0 amide bonds. The van der Waals surface area contributed by atoms with Crippen LogP contribution in [0.5, 0.6) is 0 Å². The van der Waals surface area contributed by atoms with E-state index in [1.807, 2.05) is 6.92 Å². The zero-order valence-corrected chi connectivity index (χ0v) is 13.0. The number of rotatable bonds is 8. The van der Waals surface area contributed by atoms with Gasteiger partial charge in [-0.25, -0.2) is 13.1 Å². The highest BCUT2D eigenvalue weighted by Gasteiger charge is 2.19. The first-order valence-electron chi connectivity index (χ1n) is 6.56. The lowest BCUT2D eigenvalue weighted by molar-refractivity contribution is 0.251. The standard InChI is InChI=1S/C13H21ClN2O3S/c1-2-3-10(6-7-17)9-16-20(18,19)13-5-4-11(14)8-12(13)15/h4-5,8,10,16-17H,2-3,6-7,9,15H2,1H3. The Hall–Kier alpha value is -0.820. The number of hydrogen-bond donors (Lipinski definition) is 3. The van der Waals surface area contributed by atoms with E-state index in [2.05, 4.69) is 4.72 Å². The Morgan fingerprint density at radius 2 is 2.10 bits per heavy atom. The number of aliphatic hydroxyl groups is 1. The van der Waals surface area contributed by atoms with Gasteiger partial charge in [0.2, 0.25) is 10.0 Å². The Morgan fingerprint density at radius 1 is 1.40 bits per heavy atom. The average molecular weight is 321 g/mol. The lowest BCUT2D eigenvalue weighted by Crippen LogP contribution is -2.30. The van der Waals surface area contributed by atoms with Crippen LogP contribution < -0.4 is 10.5 Å². The average Bonchev–Trinajstić information content (AvgIpc) is 2.36. The van der Waals surface area contributed by atoms with Crippen molar-refractivity contribution < 1.29 is 13.5 Å². The molecule has 5 nitrogen and oxygen atoms in total. The van der Waals surface area contributed by atoms with Crippen LogP contribution in [-0.2, 0) is 10.0 Å². The van der Waals surface area contributed by atoms with Gasteiger partial charge in [-0.2, -0.15) is 0 Å². The summed E-state index contributed by atoms with van der Waals surface area (Å²) in [7, 11) is -3.65. The van der Waals surface area contributed by atoms with E-state index >= 15 is 0 Å². The molecule has 1 aromatic rings. The van der Waals surface area contributed by atoms with Gasteiger partial charge in [-0.1, -0.05) is 24.9 Å². The van der Waals surface area contributed by atoms with Crippen molar-refractivity contribution in [1.82, 2.24) is 4.72 Å². The predicted octanol–water partition coefficient (Wildman–Crippen LogP) is 2.00. The van der Waals surface area contributed by atoms with Crippen molar-refractivity contribution in [1.29, 1.82) is 0 Å². The number of nitrogens with one attached hydrogen (secondary N) is 1. The van der Waals surface area contributed by atoms with Gasteiger partial charge in [0.15, 0.2) is 0 Å². The number of anilines is 1. The summed E-state index contributed by atoms with van der Waals surface area (Å²) in [4.78, 5) is 0.0288. The van der Waals surface area contributed by atoms with Crippen molar-refractivity contribution in [3.8, 4) is 0 Å². The van der Waals surface area contributed by atoms with Gasteiger partial charge in [-0.3, -0.25) is 0 Å². The summed E-state index contributed by atoms with van der Waals surface area (Å²) in [5.74, 6) is 0.119. The third-order valence-corrected chi connectivity index (χ3v) is 4.79. The molecule has 0 radical (unpaired) electrons. The Labute approximate surface area is 125 Å². The first-order chi connectivity index (χ1) is 9.40. The van der Waals surface area contributed by atoms with E-state index in [0.29, 0.717) is 18.0 Å². The molecule has 0 aliphatic heterocycles. The van der Waals surface area contributed by atoms with Gasteiger partial charge >= 0.3 is 0 Å². The number of nitrogen functional groups attached to an aromatic ring is 1. The topological polar surface area (TPSA) is 92.4 Å². The summed E-state index contributed by atoms with van der Waals surface area (Å²) < 4.78 is 26.9. The van der Waals surface area contributed by atoms with Gasteiger partial charge in [-0.05, 0) is 37.0 Å². The quantitative estimate of drug-likeness (QED) is 0.639. The van der Waals surface area contributed by atoms with E-state index in [4.69, 9.17) is 22.4 Å². The second-order valence-corrected chi connectivity index (χ2v) is 6.87. The minimum atomic E-state index is -3.65. The van der Waals surface area contributed by atoms with Crippen molar-refractivity contribution in [2.75, 3.05) is 18.9 Å². The summed E-state index contributed by atoms with van der Waals surface area (Å²) in [6.45, 7) is 2.37. The third kappa shape index (κ3) is 4.94. The highest BCUT2D eigenvalue weighted by atomic mass is 35.5. The van der Waals surface area contributed by atoms with E-state index in [0.717, 1.165) is 12.8 Å². The van der Waals surface area contributed by atoms with E-state index in [1.54, 1.807) is 0 Å². The molecule has 0 fully saturated rings. The maximum atomic E-state index is 12.2. The third-order valence-electron chi connectivity index (χ3n) is 3.06. The maximum Gasteiger partial charge on any atom is 0.242 e. The Morgan fingerprint density at radius 3 is 2.65 bits per heavy atom. The summed E-state index contributed by atoms with van der Waals surface area (Å²) in [5.41, 5.74) is 5.81. The molecule has 1 atom stereocenters. The summed E-state index contributed by atoms with van der Waals surface area (Å²) in [6.07, 6.45) is 2.38. The summed E-state index contributed by atoms with van der Waals surface area (Å²) in [5, 5.41) is 9.37. The molecule has 4 N–H and O–H groups in total. The largest absolute Gasteiger partial charge is 0.398 e. The summed E-state index contributed by atoms with van der Waals surface area (Å²) in [6, 6.07) is 4.29. The predicted molar refractivity (Wildman–Crippen MR) is 81.2 cm³/mol. The number of benzene rings is 1. The normalized spacial score (nSPS) is 13.3. The fourth-order valence-electron chi connectivity index (χ4n) is 2.01. The van der Waals surface area contributed by atoms with Gasteiger partial charge in [0.05, 0.1) is 5.69 Å². The molecule has 0 aromatic heterocycles. The minimum Gasteiger partial charge on any atom is -0.398 e. The second-order valence-electron chi connectivity index (χ2n) is 4.70. The van der Waals surface area contributed by atoms with Gasteiger partial charge < -0.3 is 10.8 Å². The van der Waals surface area contributed by atoms with Gasteiger partial charge in [0.25, 0.3) is 0 Å². The highest BCUT2D eigenvalue weighted by Crippen LogP contribution is 2.22. The van der Waals surface area contributed by atoms with Crippen LogP contribution in [0.4, 0.5) is 5.69 Å². The molecule has 1 aromatic carbocycles. The highest BCUT2D eigenvalue weighted by molar-refractivity contribution is 7.89. The van der Waals surface area contributed by atoms with Crippen molar-refractivity contribution in [3.05, 3.63) is 23.2 Å². The molecule has 1 unspecified atom stereocenters. The van der Waals surface area contributed by atoms with E-state index in [9.17, 15) is 8.42 Å². The van der Waals surface area contributed by atoms with Crippen molar-refractivity contribution in [2.45, 2.75) is 31.1 Å². The van der Waals surface area contributed by atoms with Crippen LogP contribution in [-0.4, -0.2) is 26.7 Å². The van der Waals surface area contributed by atoms with Crippen molar-refractivity contribution >= 4 is 27.3 Å². The van der Waals surface area contributed by atoms with Crippen LogP contribution in [0, 0.1) is 5.92 Å². The molecule has 0 saturated carbocycles. The molecule has 0 aliphatic rings. The molecular weight excluding hydrogens is 300 g/mol. The fraction of sp³-hybridized carbons (Fsp3) is 0.538. The lowest BCUT2D eigenvalue weighted by atomic mass is 10.0. The minimum absolute atomic E-state index is 0.0288. The molecule has 114 valence electrons. The molecule has 0 aliphatic carbocycles. The van der Waals surface area contributed by atoms with Crippen LogP contribution >= 0.6 is 11.6 Å². The van der Waals surface area contributed by atoms with Gasteiger partial charge in [-0.15, -0.1) is 0 Å². The second kappa shape index (κ2) is 7.83. The number of halogens is 1. The Kier molecular flexibility index (Phi) is 6.75. The van der Waals surface area contributed by atoms with E-state index in [1.165, 1.54) is 18.2 Å². The number of nitrogens with two attached hydrogens (primary N) is 1. The maximum absolute atomic E-state index is 12.2. The van der Waals surface area contributed by atoms with Gasteiger partial charge in [0, 0.05) is 18.2 Å². The zero-order valence-electron chi connectivity index (χ0n) is 11.5. The molecule has 0 bridgehead atoms. The zero-order chi connectivity index (χ0) is 15.2. The number of sulfonamides is 1. The molecule has 1 rings (SSSR count). The van der Waals surface area contributed by atoms with Crippen LogP contribution in [0.3, 0.4) is 0 Å². The van der Waals surface area contributed by atoms with Gasteiger partial charge in [0.1, 0.15) is 4.90 Å². The fourth-order valence-corrected chi connectivity index (χ4v) is 3.42. The number of aliphatic hydroxyl groups excluding tert-OH is 1. The molecule has 0 spiro atoms. The lowest BCUT2D eigenvalue weighted by Gasteiger charge is -2.16. The smallest absolute Gasteiger partial charge is 0.242 e. The van der Waals surface area contributed by atoms with E-state index < -0.39 is 10.0 Å². The van der Waals surface area contributed by atoms with Crippen LogP contribution in [0.15, 0.2) is 23.1 Å². The molecule has 20 heavy (non-hydrogen) atoms. The number of hydrogen-bond acceptors (Lipinski definition) is 4. The molecule has 0 heterocycles. The van der Waals surface area contributed by atoms with Crippen LogP contribution in [0.25, 0.3) is 0 Å². The van der Waals surface area contributed by atoms with Crippen LogP contribution in [0.2, 0.25) is 5.02 Å². The molecule has 7 heteroatoms. The first kappa shape index (κ1) is 17.2.